The lowest BCUT2D eigenvalue weighted by molar-refractivity contribution is 0.776. The van der Waals surface area contributed by atoms with Gasteiger partial charge in [0.1, 0.15) is 5.01 Å². The van der Waals surface area contributed by atoms with E-state index in [0.717, 1.165) is 24.1 Å². The van der Waals surface area contributed by atoms with Gasteiger partial charge in [-0.2, -0.15) is 11.8 Å². The van der Waals surface area contributed by atoms with Gasteiger partial charge in [-0.15, -0.1) is 35.3 Å². The Bertz CT molecular complexity index is 407. The molecule has 116 valence electrons. The number of nitrogens with one attached hydrogen (secondary N) is 2. The molecule has 0 radical (unpaired) electrons. The highest BCUT2D eigenvalue weighted by atomic mass is 127. The lowest BCUT2D eigenvalue weighted by atomic mass is 10.2. The summed E-state index contributed by atoms with van der Waals surface area (Å²) in [4.78, 5) is 8.81. The largest absolute Gasteiger partial charge is 0.355 e. The molecule has 0 saturated heterocycles. The zero-order chi connectivity index (χ0) is 14.3. The van der Waals surface area contributed by atoms with Crippen LogP contribution in [0, 0.1) is 0 Å². The molecule has 0 saturated carbocycles. The topological polar surface area (TPSA) is 49.3 Å². The fourth-order valence-electron chi connectivity index (χ4n) is 1.38. The number of aliphatic imine (C=N–C) groups is 1. The number of thioether (sulfide) groups is 1. The fraction of sp³-hybridized carbons (Fsp3) is 0.692. The molecule has 0 amide bonds. The minimum Gasteiger partial charge on any atom is -0.355 e. The predicted molar refractivity (Wildman–Crippen MR) is 103 cm³/mol. The molecule has 20 heavy (non-hydrogen) atoms. The summed E-state index contributed by atoms with van der Waals surface area (Å²) >= 11 is 3.54. The van der Waals surface area contributed by atoms with Gasteiger partial charge in [0.05, 0.1) is 12.2 Å². The summed E-state index contributed by atoms with van der Waals surface area (Å²) in [5.41, 5.74) is 1.17. The second kappa shape index (κ2) is 10.7. The molecule has 1 aromatic rings. The van der Waals surface area contributed by atoms with Crippen LogP contribution in [0.15, 0.2) is 10.4 Å². The first-order valence-corrected chi connectivity index (χ1v) is 8.65. The van der Waals surface area contributed by atoms with Crippen LogP contribution >= 0.6 is 47.1 Å². The molecule has 1 aromatic heterocycles. The van der Waals surface area contributed by atoms with E-state index in [9.17, 15) is 0 Å². The number of nitrogens with zero attached hydrogens (tertiary/aromatic N) is 2. The molecule has 4 nitrogen and oxygen atoms in total. The Balaban J connectivity index is 0.00000361. The molecule has 0 bridgehead atoms. The van der Waals surface area contributed by atoms with Crippen molar-refractivity contribution >= 4 is 53.0 Å². The number of aromatic nitrogens is 1. The first-order valence-electron chi connectivity index (χ1n) is 6.48. The van der Waals surface area contributed by atoms with Crippen molar-refractivity contribution < 1.29 is 0 Å². The predicted octanol–water partition coefficient (Wildman–Crippen LogP) is 3.30. The summed E-state index contributed by atoms with van der Waals surface area (Å²) in [5, 5.41) is 10.4. The number of hydrogen-bond acceptors (Lipinski definition) is 4. The van der Waals surface area contributed by atoms with Gasteiger partial charge in [0.25, 0.3) is 0 Å². The minimum absolute atomic E-state index is 0. The van der Waals surface area contributed by atoms with Gasteiger partial charge in [0.2, 0.25) is 0 Å². The average molecular weight is 428 g/mol. The third-order valence-corrected chi connectivity index (χ3v) is 4.59. The monoisotopic (exact) mass is 428 g/mol. The summed E-state index contributed by atoms with van der Waals surface area (Å²) in [6, 6.07) is 0. The first-order chi connectivity index (χ1) is 9.06. The normalized spacial score (nSPS) is 13.0. The summed E-state index contributed by atoms with van der Waals surface area (Å²) in [5.74, 6) is 1.33. The molecule has 0 aliphatic carbocycles. The molecule has 2 N–H and O–H groups in total. The molecule has 1 unspecified atom stereocenters. The fourth-order valence-corrected chi connectivity index (χ4v) is 2.52. The Labute approximate surface area is 147 Å². The SMILES string of the molecule is CN=C(NCc1nc(C(C)C)cs1)NCC(C)SC.I. The van der Waals surface area contributed by atoms with E-state index in [-0.39, 0.29) is 24.0 Å². The van der Waals surface area contributed by atoms with E-state index in [0.29, 0.717) is 11.2 Å². The molecular weight excluding hydrogens is 403 g/mol. The zero-order valence-electron chi connectivity index (χ0n) is 12.8. The van der Waals surface area contributed by atoms with Crippen molar-refractivity contribution in [1.82, 2.24) is 15.6 Å². The third kappa shape index (κ3) is 7.12. The van der Waals surface area contributed by atoms with Crippen molar-refractivity contribution in [3.8, 4) is 0 Å². The maximum atomic E-state index is 4.60. The zero-order valence-corrected chi connectivity index (χ0v) is 16.7. The van der Waals surface area contributed by atoms with Gasteiger partial charge in [0.15, 0.2) is 5.96 Å². The Morgan fingerprint density at radius 1 is 1.40 bits per heavy atom. The van der Waals surface area contributed by atoms with E-state index in [1.807, 2.05) is 11.8 Å². The molecular formula is C13H25IN4S2. The van der Waals surface area contributed by atoms with Crippen molar-refractivity contribution in [3.05, 3.63) is 16.1 Å². The van der Waals surface area contributed by atoms with Gasteiger partial charge in [-0.1, -0.05) is 20.8 Å². The molecule has 1 heterocycles. The van der Waals surface area contributed by atoms with E-state index < -0.39 is 0 Å². The highest BCUT2D eigenvalue weighted by molar-refractivity contribution is 14.0. The van der Waals surface area contributed by atoms with Crippen LogP contribution in [0.25, 0.3) is 0 Å². The van der Waals surface area contributed by atoms with Crippen LogP contribution in [0.5, 0.6) is 0 Å². The van der Waals surface area contributed by atoms with Crippen LogP contribution in [0.4, 0.5) is 0 Å². The smallest absolute Gasteiger partial charge is 0.191 e. The number of rotatable bonds is 6. The molecule has 1 atom stereocenters. The molecule has 7 heteroatoms. The second-order valence-electron chi connectivity index (χ2n) is 4.67. The van der Waals surface area contributed by atoms with Crippen molar-refractivity contribution in [2.45, 2.75) is 38.5 Å². The Morgan fingerprint density at radius 3 is 2.60 bits per heavy atom. The number of hydrogen-bond donors (Lipinski definition) is 2. The van der Waals surface area contributed by atoms with Gasteiger partial charge in [-0.05, 0) is 12.2 Å². The van der Waals surface area contributed by atoms with E-state index in [4.69, 9.17) is 0 Å². The van der Waals surface area contributed by atoms with Crippen molar-refractivity contribution in [2.75, 3.05) is 19.8 Å². The lowest BCUT2D eigenvalue weighted by Gasteiger charge is -2.13. The van der Waals surface area contributed by atoms with Crippen LogP contribution in [-0.2, 0) is 6.54 Å². The van der Waals surface area contributed by atoms with Crippen LogP contribution in [0.2, 0.25) is 0 Å². The molecule has 1 rings (SSSR count). The van der Waals surface area contributed by atoms with Crippen molar-refractivity contribution in [3.63, 3.8) is 0 Å². The van der Waals surface area contributed by atoms with E-state index >= 15 is 0 Å². The van der Waals surface area contributed by atoms with Gasteiger partial charge in [-0.25, -0.2) is 4.98 Å². The highest BCUT2D eigenvalue weighted by Gasteiger charge is 2.07. The van der Waals surface area contributed by atoms with Gasteiger partial charge in [0, 0.05) is 24.2 Å². The molecule has 0 aliphatic heterocycles. The second-order valence-corrected chi connectivity index (χ2v) is 6.89. The Kier molecular flexibility index (Phi) is 10.7. The average Bonchev–Trinajstić information content (AvgIpc) is 2.87. The number of halogens is 1. The number of guanidine groups is 1. The number of thiazole rings is 1. The summed E-state index contributed by atoms with van der Waals surface area (Å²) < 4.78 is 0. The van der Waals surface area contributed by atoms with Crippen LogP contribution in [0.3, 0.4) is 0 Å². The van der Waals surface area contributed by atoms with E-state index in [1.165, 1.54) is 5.69 Å². The van der Waals surface area contributed by atoms with Crippen molar-refractivity contribution in [1.29, 1.82) is 0 Å². The summed E-state index contributed by atoms with van der Waals surface area (Å²) in [7, 11) is 1.79. The maximum Gasteiger partial charge on any atom is 0.191 e. The third-order valence-electron chi connectivity index (χ3n) is 2.75. The van der Waals surface area contributed by atoms with Crippen molar-refractivity contribution in [2.24, 2.45) is 4.99 Å². The molecule has 0 aromatic carbocycles. The van der Waals surface area contributed by atoms with Gasteiger partial charge < -0.3 is 10.6 Å². The molecule has 0 spiro atoms. The van der Waals surface area contributed by atoms with E-state index in [1.54, 1.807) is 18.4 Å². The molecule has 0 fully saturated rings. The quantitative estimate of drug-likeness (QED) is 0.415. The van der Waals surface area contributed by atoms with Crippen LogP contribution in [0.1, 0.15) is 37.4 Å². The minimum atomic E-state index is 0. The van der Waals surface area contributed by atoms with Gasteiger partial charge >= 0.3 is 0 Å². The van der Waals surface area contributed by atoms with Crippen LogP contribution < -0.4 is 10.6 Å². The van der Waals surface area contributed by atoms with Crippen LogP contribution in [-0.4, -0.2) is 36.0 Å². The molecule has 0 aliphatic rings. The first kappa shape index (κ1) is 20.0. The van der Waals surface area contributed by atoms with E-state index in [2.05, 4.69) is 53.0 Å². The Hall–Kier alpha value is -0.0200. The standard InChI is InChI=1S/C13H24N4S2.HI/c1-9(2)11-8-19-12(17-11)7-16-13(14-4)15-6-10(3)18-5;/h8-10H,6-7H2,1-5H3,(H2,14,15,16);1H. The highest BCUT2D eigenvalue weighted by Crippen LogP contribution is 2.17. The van der Waals surface area contributed by atoms with Gasteiger partial charge in [-0.3, -0.25) is 4.99 Å². The summed E-state index contributed by atoms with van der Waals surface area (Å²) in [6.07, 6.45) is 2.12. The Morgan fingerprint density at radius 2 is 2.10 bits per heavy atom. The summed E-state index contributed by atoms with van der Waals surface area (Å²) in [6.45, 7) is 8.16. The lowest BCUT2D eigenvalue weighted by Crippen LogP contribution is -2.39. The maximum absolute atomic E-state index is 4.60.